The number of hydrogen-bond donors (Lipinski definition) is 2. The summed E-state index contributed by atoms with van der Waals surface area (Å²) in [4.78, 5) is 23.7. The minimum Gasteiger partial charge on any atom is -0.397 e. The maximum absolute atomic E-state index is 12.3. The fourth-order valence-electron chi connectivity index (χ4n) is 2.16. The number of carbonyl (C=O) groups excluding carboxylic acids is 2. The average Bonchev–Trinajstić information content (AvgIpc) is 2.80. The van der Waals surface area contributed by atoms with Crippen molar-refractivity contribution in [1.29, 1.82) is 0 Å². The van der Waals surface area contributed by atoms with Gasteiger partial charge in [-0.1, -0.05) is 19.1 Å². The third-order valence-electron chi connectivity index (χ3n) is 3.14. The minimum absolute atomic E-state index is 0.0373. The van der Waals surface area contributed by atoms with Crippen molar-refractivity contribution >= 4 is 23.1 Å². The van der Waals surface area contributed by atoms with Crippen LogP contribution in [0.4, 0.5) is 11.4 Å². The zero-order valence-electron chi connectivity index (χ0n) is 12.2. The number of aryl methyl sites for hydroxylation is 1. The van der Waals surface area contributed by atoms with Crippen molar-refractivity contribution in [2.75, 3.05) is 11.1 Å². The molecule has 110 valence electrons. The summed E-state index contributed by atoms with van der Waals surface area (Å²) < 4.78 is 1.83. The molecule has 0 spiro atoms. The fraction of sp³-hybridized carbons (Fsp3) is 0.250. The predicted octanol–water partition coefficient (Wildman–Crippen LogP) is 2.94. The second kappa shape index (κ2) is 6.26. The number of nitrogen functional groups attached to an aromatic ring is 1. The Morgan fingerprint density at radius 2 is 2.05 bits per heavy atom. The number of nitrogens with two attached hydrogens (primary N) is 1. The largest absolute Gasteiger partial charge is 0.397 e. The SMILES string of the molecule is CCCn1cc(N)cc1C(=O)Nc1cccc(C(C)=O)c1. The van der Waals surface area contributed by atoms with Gasteiger partial charge in [0.2, 0.25) is 0 Å². The molecule has 0 bridgehead atoms. The summed E-state index contributed by atoms with van der Waals surface area (Å²) in [7, 11) is 0. The minimum atomic E-state index is -0.235. The average molecular weight is 285 g/mol. The summed E-state index contributed by atoms with van der Waals surface area (Å²) >= 11 is 0. The Balaban J connectivity index is 2.22. The van der Waals surface area contributed by atoms with Crippen LogP contribution in [0.2, 0.25) is 0 Å². The number of aromatic nitrogens is 1. The first-order valence-electron chi connectivity index (χ1n) is 6.89. The van der Waals surface area contributed by atoms with Gasteiger partial charge in [-0.2, -0.15) is 0 Å². The number of rotatable bonds is 5. The zero-order chi connectivity index (χ0) is 15.4. The van der Waals surface area contributed by atoms with Crippen LogP contribution < -0.4 is 11.1 Å². The standard InChI is InChI=1S/C16H19N3O2/c1-3-7-19-10-13(17)9-15(19)16(21)18-14-6-4-5-12(8-14)11(2)20/h4-6,8-10H,3,7,17H2,1-2H3,(H,18,21). The molecule has 5 heteroatoms. The lowest BCUT2D eigenvalue weighted by atomic mass is 10.1. The van der Waals surface area contributed by atoms with E-state index >= 15 is 0 Å². The van der Waals surface area contributed by atoms with E-state index in [0.29, 0.717) is 22.6 Å². The van der Waals surface area contributed by atoms with Crippen molar-refractivity contribution < 1.29 is 9.59 Å². The topological polar surface area (TPSA) is 77.1 Å². The predicted molar refractivity (Wildman–Crippen MR) is 83.5 cm³/mol. The third kappa shape index (κ3) is 3.51. The van der Waals surface area contributed by atoms with Crippen molar-refractivity contribution in [3.05, 3.63) is 47.8 Å². The number of amides is 1. The first-order valence-corrected chi connectivity index (χ1v) is 6.89. The molecule has 1 aromatic heterocycles. The first kappa shape index (κ1) is 14.8. The maximum Gasteiger partial charge on any atom is 0.272 e. The summed E-state index contributed by atoms with van der Waals surface area (Å²) in [5, 5.41) is 2.80. The molecule has 0 unspecified atom stereocenters. The molecule has 0 aliphatic heterocycles. The van der Waals surface area contributed by atoms with Gasteiger partial charge in [-0.25, -0.2) is 0 Å². The van der Waals surface area contributed by atoms with Gasteiger partial charge in [0.15, 0.2) is 5.78 Å². The third-order valence-corrected chi connectivity index (χ3v) is 3.14. The number of anilines is 2. The van der Waals surface area contributed by atoms with Crippen LogP contribution >= 0.6 is 0 Å². The molecule has 0 atom stereocenters. The van der Waals surface area contributed by atoms with Crippen molar-refractivity contribution in [2.45, 2.75) is 26.8 Å². The molecule has 2 aromatic rings. The van der Waals surface area contributed by atoms with Crippen molar-refractivity contribution in [1.82, 2.24) is 4.57 Å². The number of carbonyl (C=O) groups is 2. The maximum atomic E-state index is 12.3. The number of nitrogens with zero attached hydrogens (tertiary/aromatic N) is 1. The number of hydrogen-bond acceptors (Lipinski definition) is 3. The van der Waals surface area contributed by atoms with Crippen LogP contribution in [0.25, 0.3) is 0 Å². The number of ketones is 1. The van der Waals surface area contributed by atoms with E-state index in [1.54, 1.807) is 36.5 Å². The van der Waals surface area contributed by atoms with E-state index in [-0.39, 0.29) is 11.7 Å². The Kier molecular flexibility index (Phi) is 4.42. The van der Waals surface area contributed by atoms with Crippen LogP contribution in [-0.4, -0.2) is 16.3 Å². The summed E-state index contributed by atoms with van der Waals surface area (Å²) in [5.74, 6) is -0.273. The van der Waals surface area contributed by atoms with Gasteiger partial charge < -0.3 is 15.6 Å². The molecule has 0 fully saturated rings. The number of benzene rings is 1. The zero-order valence-corrected chi connectivity index (χ0v) is 12.2. The molecule has 5 nitrogen and oxygen atoms in total. The van der Waals surface area contributed by atoms with Gasteiger partial charge in [-0.3, -0.25) is 9.59 Å². The Morgan fingerprint density at radius 3 is 2.71 bits per heavy atom. The number of Topliss-reactive ketones (excluding diaryl/α,β-unsaturated/α-hetero) is 1. The van der Waals surface area contributed by atoms with Crippen molar-refractivity contribution in [2.24, 2.45) is 0 Å². The van der Waals surface area contributed by atoms with E-state index < -0.39 is 0 Å². The summed E-state index contributed by atoms with van der Waals surface area (Å²) in [6.07, 6.45) is 2.67. The highest BCUT2D eigenvalue weighted by molar-refractivity contribution is 6.04. The molecule has 1 amide bonds. The first-order chi connectivity index (χ1) is 10.0. The molecule has 0 saturated heterocycles. The van der Waals surface area contributed by atoms with E-state index in [1.165, 1.54) is 6.92 Å². The molecule has 0 radical (unpaired) electrons. The molecule has 1 aromatic carbocycles. The second-order valence-electron chi connectivity index (χ2n) is 4.94. The molecular formula is C16H19N3O2. The number of nitrogens with one attached hydrogen (secondary N) is 1. The molecule has 0 saturated carbocycles. The van der Waals surface area contributed by atoms with Crippen LogP contribution in [-0.2, 0) is 6.54 Å². The van der Waals surface area contributed by atoms with Crippen LogP contribution in [0, 0.1) is 0 Å². The Bertz CT molecular complexity index is 674. The van der Waals surface area contributed by atoms with Crippen molar-refractivity contribution in [3.63, 3.8) is 0 Å². The van der Waals surface area contributed by atoms with Crippen LogP contribution in [0.15, 0.2) is 36.5 Å². The molecule has 0 aliphatic carbocycles. The molecule has 2 rings (SSSR count). The van der Waals surface area contributed by atoms with Crippen LogP contribution in [0.3, 0.4) is 0 Å². The second-order valence-corrected chi connectivity index (χ2v) is 4.94. The van der Waals surface area contributed by atoms with Gasteiger partial charge in [0.1, 0.15) is 5.69 Å². The lowest BCUT2D eigenvalue weighted by Gasteiger charge is -2.09. The lowest BCUT2D eigenvalue weighted by Crippen LogP contribution is -2.17. The van der Waals surface area contributed by atoms with Gasteiger partial charge >= 0.3 is 0 Å². The Labute approximate surface area is 123 Å². The molecule has 0 aliphatic rings. The molecule has 21 heavy (non-hydrogen) atoms. The van der Waals surface area contributed by atoms with Gasteiger partial charge in [0, 0.05) is 24.0 Å². The Hall–Kier alpha value is -2.56. The normalized spacial score (nSPS) is 10.4. The van der Waals surface area contributed by atoms with Crippen LogP contribution in [0.5, 0.6) is 0 Å². The molecular weight excluding hydrogens is 266 g/mol. The highest BCUT2D eigenvalue weighted by atomic mass is 16.2. The Morgan fingerprint density at radius 1 is 1.29 bits per heavy atom. The summed E-state index contributed by atoms with van der Waals surface area (Å²) in [6, 6.07) is 8.53. The smallest absolute Gasteiger partial charge is 0.272 e. The summed E-state index contributed by atoms with van der Waals surface area (Å²) in [5.41, 5.74) is 8.00. The highest BCUT2D eigenvalue weighted by Gasteiger charge is 2.13. The molecule has 3 N–H and O–H groups in total. The van der Waals surface area contributed by atoms with E-state index in [1.807, 2.05) is 11.5 Å². The monoisotopic (exact) mass is 285 g/mol. The summed E-state index contributed by atoms with van der Waals surface area (Å²) in [6.45, 7) is 4.26. The van der Waals surface area contributed by atoms with Crippen LogP contribution in [0.1, 0.15) is 41.1 Å². The van der Waals surface area contributed by atoms with E-state index in [9.17, 15) is 9.59 Å². The quantitative estimate of drug-likeness (QED) is 0.829. The van der Waals surface area contributed by atoms with E-state index in [4.69, 9.17) is 5.73 Å². The lowest BCUT2D eigenvalue weighted by molar-refractivity contribution is 0.100. The van der Waals surface area contributed by atoms with Crippen molar-refractivity contribution in [3.8, 4) is 0 Å². The van der Waals surface area contributed by atoms with Gasteiger partial charge in [0.05, 0.1) is 5.69 Å². The molecule has 1 heterocycles. The highest BCUT2D eigenvalue weighted by Crippen LogP contribution is 2.16. The van der Waals surface area contributed by atoms with Gasteiger partial charge in [-0.05, 0) is 31.5 Å². The fourth-order valence-corrected chi connectivity index (χ4v) is 2.16. The van der Waals surface area contributed by atoms with E-state index in [0.717, 1.165) is 13.0 Å². The van der Waals surface area contributed by atoms with E-state index in [2.05, 4.69) is 5.32 Å². The van der Waals surface area contributed by atoms with Gasteiger partial charge in [0.25, 0.3) is 5.91 Å². The van der Waals surface area contributed by atoms with Gasteiger partial charge in [-0.15, -0.1) is 0 Å².